The largest absolute Gasteiger partial charge is 0.508 e. The molecule has 1 aliphatic rings. The minimum atomic E-state index is -0.844. The van der Waals surface area contributed by atoms with Crippen LogP contribution in [-0.4, -0.2) is 16.2 Å². The molecule has 1 unspecified atom stereocenters. The maximum absolute atomic E-state index is 11.2. The van der Waals surface area contributed by atoms with Crippen LogP contribution in [0.2, 0.25) is 0 Å². The second-order valence-electron chi connectivity index (χ2n) is 7.95. The lowest BCUT2D eigenvalue weighted by Gasteiger charge is -2.18. The van der Waals surface area contributed by atoms with Crippen LogP contribution in [0.3, 0.4) is 0 Å². The molecule has 0 aliphatic heterocycles. The van der Waals surface area contributed by atoms with Crippen LogP contribution in [0.25, 0.3) is 5.57 Å². The van der Waals surface area contributed by atoms with E-state index in [0.717, 1.165) is 39.8 Å². The maximum atomic E-state index is 11.2. The first kappa shape index (κ1) is 22.3. The van der Waals surface area contributed by atoms with Crippen LogP contribution in [0.5, 0.6) is 5.75 Å². The maximum Gasteiger partial charge on any atom is 0.303 e. The zero-order chi connectivity index (χ0) is 21.6. The average molecular weight is 391 g/mol. The summed E-state index contributed by atoms with van der Waals surface area (Å²) in [4.78, 5) is 11.2. The molecule has 0 saturated heterocycles. The third-order valence-electron chi connectivity index (χ3n) is 5.15. The quantitative estimate of drug-likeness (QED) is 0.428. The van der Waals surface area contributed by atoms with Gasteiger partial charge in [0, 0.05) is 12.0 Å². The van der Waals surface area contributed by atoms with Gasteiger partial charge in [-0.15, -0.1) is 6.42 Å². The number of phenols is 1. The fourth-order valence-electron chi connectivity index (χ4n) is 3.66. The van der Waals surface area contributed by atoms with Gasteiger partial charge in [-0.3, -0.25) is 4.79 Å². The predicted octanol–water partition coefficient (Wildman–Crippen LogP) is 6.24. The second-order valence-corrected chi connectivity index (χ2v) is 7.95. The molecule has 3 heteroatoms. The van der Waals surface area contributed by atoms with Crippen molar-refractivity contribution in [3.05, 3.63) is 70.3 Å². The van der Waals surface area contributed by atoms with Crippen LogP contribution in [0, 0.1) is 18.3 Å². The number of phenolic OH excluding ortho intramolecular Hbond substituents is 1. The van der Waals surface area contributed by atoms with E-state index in [1.807, 2.05) is 31.2 Å². The van der Waals surface area contributed by atoms with Gasteiger partial charge in [0.05, 0.1) is 0 Å². The van der Waals surface area contributed by atoms with Gasteiger partial charge in [-0.1, -0.05) is 57.1 Å². The van der Waals surface area contributed by atoms with Gasteiger partial charge in [-0.25, -0.2) is 0 Å². The Balaban J connectivity index is 2.58. The van der Waals surface area contributed by atoms with Crippen LogP contribution in [0.1, 0.15) is 64.0 Å². The molecule has 0 radical (unpaired) electrons. The van der Waals surface area contributed by atoms with E-state index in [-0.39, 0.29) is 18.1 Å². The topological polar surface area (TPSA) is 57.5 Å². The van der Waals surface area contributed by atoms with Gasteiger partial charge in [0.1, 0.15) is 5.75 Å². The Morgan fingerprint density at radius 2 is 2.07 bits per heavy atom. The molecule has 1 atom stereocenters. The lowest BCUT2D eigenvalue weighted by atomic mass is 9.86. The second kappa shape index (κ2) is 9.98. The normalized spacial score (nSPS) is 17.6. The number of carboxylic acid groups (broad SMARTS) is 1. The molecule has 29 heavy (non-hydrogen) atoms. The van der Waals surface area contributed by atoms with Crippen LogP contribution in [-0.2, 0) is 4.79 Å². The highest BCUT2D eigenvalue weighted by Crippen LogP contribution is 2.33. The molecule has 0 spiro atoms. The summed E-state index contributed by atoms with van der Waals surface area (Å²) in [6, 6.07) is 5.37. The van der Waals surface area contributed by atoms with Gasteiger partial charge < -0.3 is 10.2 Å². The van der Waals surface area contributed by atoms with Crippen molar-refractivity contribution in [1.82, 2.24) is 0 Å². The van der Waals surface area contributed by atoms with E-state index in [9.17, 15) is 15.0 Å². The van der Waals surface area contributed by atoms with Gasteiger partial charge in [0.25, 0.3) is 0 Å². The predicted molar refractivity (Wildman–Crippen MR) is 120 cm³/mol. The molecular formula is C26H30O3. The molecule has 0 fully saturated rings. The Morgan fingerprint density at radius 1 is 1.34 bits per heavy atom. The number of benzene rings is 1. The minimum Gasteiger partial charge on any atom is -0.508 e. The van der Waals surface area contributed by atoms with E-state index in [1.54, 1.807) is 12.1 Å². The van der Waals surface area contributed by atoms with E-state index >= 15 is 0 Å². The minimum absolute atomic E-state index is 0.0234. The standard InChI is InChI=1S/C26H30O3/c1-6-23(20-9-7-8-18(4)14-20)21(10-13-26(28)29)15-19(5)24-12-11-22(27)16-25(24)17(2)3/h1,7-9,11-12,15-18,27H,10,13-14H2,2-5H3,(H,28,29). The zero-order valence-electron chi connectivity index (χ0n) is 17.7. The van der Waals surface area contributed by atoms with E-state index < -0.39 is 5.97 Å². The van der Waals surface area contributed by atoms with Crippen molar-refractivity contribution in [2.24, 2.45) is 5.92 Å². The molecule has 1 aliphatic carbocycles. The van der Waals surface area contributed by atoms with E-state index in [0.29, 0.717) is 12.3 Å². The van der Waals surface area contributed by atoms with Gasteiger partial charge in [0.15, 0.2) is 0 Å². The number of terminal acetylenes is 1. The Morgan fingerprint density at radius 3 is 2.66 bits per heavy atom. The van der Waals surface area contributed by atoms with E-state index in [2.05, 4.69) is 32.8 Å². The van der Waals surface area contributed by atoms with Crippen LogP contribution in [0.15, 0.2) is 59.2 Å². The molecule has 0 heterocycles. The van der Waals surface area contributed by atoms with Crippen molar-refractivity contribution in [2.75, 3.05) is 0 Å². The summed E-state index contributed by atoms with van der Waals surface area (Å²) in [5, 5.41) is 19.1. The summed E-state index contributed by atoms with van der Waals surface area (Å²) >= 11 is 0. The van der Waals surface area contributed by atoms with Gasteiger partial charge in [-0.2, -0.15) is 0 Å². The van der Waals surface area contributed by atoms with Crippen LogP contribution in [0.4, 0.5) is 0 Å². The van der Waals surface area contributed by atoms with E-state index in [4.69, 9.17) is 6.42 Å². The first-order valence-electron chi connectivity index (χ1n) is 10.0. The monoisotopic (exact) mass is 390 g/mol. The summed E-state index contributed by atoms with van der Waals surface area (Å²) in [6.45, 7) is 8.31. The number of hydrogen-bond acceptors (Lipinski definition) is 2. The highest BCUT2D eigenvalue weighted by Gasteiger charge is 2.16. The number of allylic oxidation sites excluding steroid dienone is 8. The Hall–Kier alpha value is -2.99. The Bertz CT molecular complexity index is 933. The third-order valence-corrected chi connectivity index (χ3v) is 5.15. The van der Waals surface area contributed by atoms with Crippen molar-refractivity contribution in [1.29, 1.82) is 0 Å². The Labute approximate surface area is 174 Å². The number of hydrogen-bond donors (Lipinski definition) is 2. The van der Waals surface area contributed by atoms with Crippen LogP contribution < -0.4 is 0 Å². The zero-order valence-corrected chi connectivity index (χ0v) is 17.7. The number of carboxylic acids is 1. The molecule has 152 valence electrons. The van der Waals surface area contributed by atoms with Gasteiger partial charge in [-0.05, 0) is 71.6 Å². The van der Waals surface area contributed by atoms with Crippen molar-refractivity contribution in [2.45, 2.75) is 52.9 Å². The molecule has 1 aromatic rings. The fourth-order valence-corrected chi connectivity index (χ4v) is 3.66. The molecule has 0 saturated carbocycles. The fraction of sp³-hybridized carbons (Fsp3) is 0.346. The SMILES string of the molecule is C#CC(C1=CC=CC(C)C1)=C(C=C(C)c1ccc(O)cc1C(C)C)CCC(=O)O. The summed E-state index contributed by atoms with van der Waals surface area (Å²) in [5.41, 5.74) is 5.80. The number of carbonyl (C=O) groups is 1. The van der Waals surface area contributed by atoms with E-state index in [1.165, 1.54) is 0 Å². The molecular weight excluding hydrogens is 360 g/mol. The lowest BCUT2D eigenvalue weighted by Crippen LogP contribution is -2.04. The molecule has 0 amide bonds. The molecule has 0 bridgehead atoms. The smallest absolute Gasteiger partial charge is 0.303 e. The lowest BCUT2D eigenvalue weighted by molar-refractivity contribution is -0.136. The molecule has 1 aromatic carbocycles. The number of rotatable bonds is 7. The van der Waals surface area contributed by atoms with Gasteiger partial charge >= 0.3 is 5.97 Å². The summed E-state index contributed by atoms with van der Waals surface area (Å²) in [5.74, 6) is 2.85. The van der Waals surface area contributed by atoms with Crippen molar-refractivity contribution < 1.29 is 15.0 Å². The summed E-state index contributed by atoms with van der Waals surface area (Å²) in [7, 11) is 0. The summed E-state index contributed by atoms with van der Waals surface area (Å²) in [6.07, 6.45) is 15.3. The number of aromatic hydroxyl groups is 1. The molecule has 2 N–H and O–H groups in total. The highest BCUT2D eigenvalue weighted by atomic mass is 16.4. The van der Waals surface area contributed by atoms with Gasteiger partial charge in [0.2, 0.25) is 0 Å². The third kappa shape index (κ3) is 5.99. The number of aliphatic carboxylic acids is 1. The highest BCUT2D eigenvalue weighted by molar-refractivity contribution is 5.73. The first-order chi connectivity index (χ1) is 13.7. The molecule has 2 rings (SSSR count). The molecule has 0 aromatic heterocycles. The Kier molecular flexibility index (Phi) is 7.67. The first-order valence-corrected chi connectivity index (χ1v) is 10.0. The average Bonchev–Trinajstić information content (AvgIpc) is 2.66. The molecule has 3 nitrogen and oxygen atoms in total. The van der Waals surface area contributed by atoms with Crippen LogP contribution >= 0.6 is 0 Å². The van der Waals surface area contributed by atoms with Crippen molar-refractivity contribution >= 4 is 11.5 Å². The van der Waals surface area contributed by atoms with Crippen molar-refractivity contribution in [3.63, 3.8) is 0 Å². The van der Waals surface area contributed by atoms with Crippen molar-refractivity contribution in [3.8, 4) is 18.1 Å². The summed E-state index contributed by atoms with van der Waals surface area (Å²) < 4.78 is 0.